The third-order valence-corrected chi connectivity index (χ3v) is 6.19. The molecule has 2 aromatic carbocycles. The van der Waals surface area contributed by atoms with E-state index in [-0.39, 0.29) is 6.10 Å². The van der Waals surface area contributed by atoms with Crippen LogP contribution in [0, 0.1) is 11.8 Å². The van der Waals surface area contributed by atoms with Crippen LogP contribution in [0.15, 0.2) is 72.8 Å². The normalized spacial score (nSPS) is 14.1. The molecule has 0 spiro atoms. The summed E-state index contributed by atoms with van der Waals surface area (Å²) in [5.41, 5.74) is 3.95. The smallest absolute Gasteiger partial charge is 0.184 e. The number of rotatable bonds is 12. The highest BCUT2D eigenvalue weighted by Gasteiger charge is 2.31. The Kier molecular flexibility index (Phi) is 9.54. The highest BCUT2D eigenvalue weighted by Crippen LogP contribution is 2.28. The molecule has 0 aromatic heterocycles. The van der Waals surface area contributed by atoms with Crippen LogP contribution >= 0.6 is 0 Å². The first-order valence-corrected chi connectivity index (χ1v) is 14.7. The Labute approximate surface area is 186 Å². The first-order valence-electron chi connectivity index (χ1n) is 11.3. The second-order valence-corrected chi connectivity index (χ2v) is 14.5. The van der Waals surface area contributed by atoms with E-state index in [1.807, 2.05) is 0 Å². The van der Waals surface area contributed by atoms with Gasteiger partial charge in [-0.15, -0.1) is 6.58 Å². The molecule has 0 amide bonds. The van der Waals surface area contributed by atoms with E-state index in [9.17, 15) is 0 Å². The van der Waals surface area contributed by atoms with Gasteiger partial charge < -0.3 is 4.43 Å². The maximum absolute atomic E-state index is 6.73. The molecule has 0 radical (unpaired) electrons. The van der Waals surface area contributed by atoms with E-state index in [0.29, 0.717) is 11.8 Å². The van der Waals surface area contributed by atoms with E-state index in [1.54, 1.807) is 0 Å². The van der Waals surface area contributed by atoms with Crippen molar-refractivity contribution < 1.29 is 4.43 Å². The minimum atomic E-state index is -1.64. The van der Waals surface area contributed by atoms with Crippen molar-refractivity contribution in [1.29, 1.82) is 0 Å². The Balaban J connectivity index is 2.28. The van der Waals surface area contributed by atoms with Crippen LogP contribution in [0.1, 0.15) is 38.3 Å². The molecule has 2 rings (SSSR count). The quantitative estimate of drug-likeness (QED) is 0.265. The van der Waals surface area contributed by atoms with Crippen molar-refractivity contribution in [2.45, 2.75) is 66.0 Å². The van der Waals surface area contributed by atoms with E-state index in [4.69, 9.17) is 4.43 Å². The van der Waals surface area contributed by atoms with Gasteiger partial charge in [-0.3, -0.25) is 4.90 Å². The minimum absolute atomic E-state index is 0.252. The summed E-state index contributed by atoms with van der Waals surface area (Å²) in [7, 11) is -1.64. The van der Waals surface area contributed by atoms with Crippen LogP contribution < -0.4 is 0 Å². The number of hydrogen-bond donors (Lipinski definition) is 0. The first-order chi connectivity index (χ1) is 14.1. The summed E-state index contributed by atoms with van der Waals surface area (Å²) < 4.78 is 6.73. The maximum Gasteiger partial charge on any atom is 0.184 e. The van der Waals surface area contributed by atoms with E-state index < -0.39 is 8.32 Å². The fraction of sp³-hybridized carbons (Fsp3) is 0.481. The van der Waals surface area contributed by atoms with Crippen molar-refractivity contribution in [1.82, 2.24) is 4.90 Å². The predicted octanol–water partition coefficient (Wildman–Crippen LogP) is 7.15. The second kappa shape index (κ2) is 11.6. The van der Waals surface area contributed by atoms with Gasteiger partial charge in [0.25, 0.3) is 0 Å². The molecule has 30 heavy (non-hydrogen) atoms. The summed E-state index contributed by atoms with van der Waals surface area (Å²) >= 11 is 0. The fourth-order valence-electron chi connectivity index (χ4n) is 4.12. The van der Waals surface area contributed by atoms with Gasteiger partial charge in [0.1, 0.15) is 0 Å². The van der Waals surface area contributed by atoms with E-state index in [2.05, 4.69) is 113 Å². The van der Waals surface area contributed by atoms with Gasteiger partial charge in [-0.2, -0.15) is 0 Å². The van der Waals surface area contributed by atoms with Gasteiger partial charge in [-0.1, -0.05) is 80.1 Å². The van der Waals surface area contributed by atoms with Gasteiger partial charge in [-0.25, -0.2) is 0 Å². The van der Waals surface area contributed by atoms with Crippen molar-refractivity contribution in [3.63, 3.8) is 0 Å². The van der Waals surface area contributed by atoms with Crippen LogP contribution in [0.2, 0.25) is 19.6 Å². The van der Waals surface area contributed by atoms with Crippen molar-refractivity contribution in [3.05, 3.63) is 83.9 Å². The summed E-state index contributed by atoms with van der Waals surface area (Å²) in [5.74, 6) is 0.915. The number of benzene rings is 2. The number of hydrogen-bond acceptors (Lipinski definition) is 2. The topological polar surface area (TPSA) is 12.5 Å². The molecule has 0 saturated carbocycles. The Morgan fingerprint density at radius 2 is 1.37 bits per heavy atom. The van der Waals surface area contributed by atoms with Gasteiger partial charge in [0.2, 0.25) is 0 Å². The summed E-state index contributed by atoms with van der Waals surface area (Å²) in [6.45, 7) is 20.8. The zero-order chi connectivity index (χ0) is 22.1. The molecule has 0 aliphatic rings. The van der Waals surface area contributed by atoms with E-state index in [1.165, 1.54) is 16.7 Å². The summed E-state index contributed by atoms with van der Waals surface area (Å²) in [6, 6.07) is 21.6. The minimum Gasteiger partial charge on any atom is -0.414 e. The molecule has 0 N–H and O–H groups in total. The molecule has 2 nitrogen and oxygen atoms in total. The highest BCUT2D eigenvalue weighted by molar-refractivity contribution is 6.69. The van der Waals surface area contributed by atoms with Crippen LogP contribution in [-0.4, -0.2) is 25.9 Å². The monoisotopic (exact) mass is 423 g/mol. The second-order valence-electron chi connectivity index (χ2n) is 10.0. The fourth-order valence-corrected chi connectivity index (χ4v) is 5.40. The Bertz CT molecular complexity index is 710. The lowest BCUT2D eigenvalue weighted by atomic mass is 9.88. The van der Waals surface area contributed by atoms with Gasteiger partial charge in [0, 0.05) is 25.6 Å². The maximum atomic E-state index is 6.73. The third kappa shape index (κ3) is 8.99. The van der Waals surface area contributed by atoms with Crippen LogP contribution in [0.4, 0.5) is 0 Å². The SMILES string of the molecule is C=C(C)C[C@H](CN(Cc1ccccc1)Cc1ccccc1)[C@H](O[Si](C)(C)C)C(C)C. The van der Waals surface area contributed by atoms with Crippen molar-refractivity contribution >= 4 is 8.32 Å². The predicted molar refractivity (Wildman–Crippen MR) is 133 cm³/mol. The molecule has 0 aliphatic carbocycles. The third-order valence-electron chi connectivity index (χ3n) is 5.21. The Morgan fingerprint density at radius 3 is 1.73 bits per heavy atom. The van der Waals surface area contributed by atoms with Crippen LogP contribution in [0.25, 0.3) is 0 Å². The Hall–Kier alpha value is -1.68. The van der Waals surface area contributed by atoms with Gasteiger partial charge in [0.05, 0.1) is 6.10 Å². The van der Waals surface area contributed by atoms with Gasteiger partial charge in [0.15, 0.2) is 8.32 Å². The largest absolute Gasteiger partial charge is 0.414 e. The summed E-state index contributed by atoms with van der Waals surface area (Å²) in [5, 5.41) is 0. The van der Waals surface area contributed by atoms with Gasteiger partial charge >= 0.3 is 0 Å². The molecule has 3 heteroatoms. The van der Waals surface area contributed by atoms with Crippen molar-refractivity contribution in [2.24, 2.45) is 11.8 Å². The first kappa shape index (κ1) is 24.6. The van der Waals surface area contributed by atoms with E-state index >= 15 is 0 Å². The molecule has 0 saturated heterocycles. The van der Waals surface area contributed by atoms with E-state index in [0.717, 1.165) is 26.1 Å². The standard InChI is InChI=1S/C27H41NOSi/c1-22(2)18-26(27(23(3)4)29-30(5,6)7)21-28(19-24-14-10-8-11-15-24)20-25-16-12-9-13-17-25/h8-17,23,26-27H,1,18-21H2,2-7H3/t26-,27-/m1/s1. The van der Waals surface area contributed by atoms with Crippen molar-refractivity contribution in [2.75, 3.05) is 6.54 Å². The molecule has 0 fully saturated rings. The molecular formula is C27H41NOSi. The summed E-state index contributed by atoms with van der Waals surface area (Å²) in [4.78, 5) is 2.58. The molecule has 0 aliphatic heterocycles. The van der Waals surface area contributed by atoms with Crippen LogP contribution in [0.3, 0.4) is 0 Å². The molecule has 0 bridgehead atoms. The highest BCUT2D eigenvalue weighted by atomic mass is 28.4. The lowest BCUT2D eigenvalue weighted by Gasteiger charge is -2.38. The lowest BCUT2D eigenvalue weighted by molar-refractivity contribution is 0.0545. The average molecular weight is 424 g/mol. The molecule has 2 atom stereocenters. The zero-order valence-corrected chi connectivity index (χ0v) is 20.9. The molecule has 0 heterocycles. The molecule has 2 aromatic rings. The van der Waals surface area contributed by atoms with Crippen LogP contribution in [0.5, 0.6) is 0 Å². The zero-order valence-electron chi connectivity index (χ0n) is 19.9. The number of allylic oxidation sites excluding steroid dienone is 1. The Morgan fingerprint density at radius 1 is 0.900 bits per heavy atom. The van der Waals surface area contributed by atoms with Crippen molar-refractivity contribution in [3.8, 4) is 0 Å². The van der Waals surface area contributed by atoms with Crippen LogP contribution in [-0.2, 0) is 17.5 Å². The summed E-state index contributed by atoms with van der Waals surface area (Å²) in [6.07, 6.45) is 1.26. The molecule has 0 unspecified atom stereocenters. The number of nitrogens with zero attached hydrogens (tertiary/aromatic N) is 1. The molecular weight excluding hydrogens is 382 g/mol. The van der Waals surface area contributed by atoms with Gasteiger partial charge in [-0.05, 0) is 50.0 Å². The molecule has 164 valence electrons. The lowest BCUT2D eigenvalue weighted by Crippen LogP contribution is -2.43. The average Bonchev–Trinajstić information content (AvgIpc) is 2.66.